The third kappa shape index (κ3) is 2.93. The molecule has 2 heterocycles. The smallest absolute Gasteiger partial charge is 0.245 e. The molecule has 1 aliphatic rings. The minimum atomic E-state index is -3.63. The van der Waals surface area contributed by atoms with Gasteiger partial charge in [0, 0.05) is 23.4 Å². The summed E-state index contributed by atoms with van der Waals surface area (Å²) in [6, 6.07) is 8.39. The molecular formula is C15H14BrClN2O2S. The van der Waals surface area contributed by atoms with Crippen LogP contribution >= 0.6 is 27.5 Å². The number of hydrogen-bond donors (Lipinski definition) is 0. The first-order chi connectivity index (χ1) is 10.5. The van der Waals surface area contributed by atoms with Gasteiger partial charge in [-0.05, 0) is 42.7 Å². The standard InChI is InChI=1S/C15H14BrClN2O2S/c16-12-5-6-15(13(17)9-12)22(20,21)19-8-2-4-14(19)11-3-1-7-18-10-11/h1,3,5-7,9-10,14H,2,4,8H2. The fourth-order valence-corrected chi connectivity index (χ4v) is 5.44. The lowest BCUT2D eigenvalue weighted by molar-refractivity contribution is 0.396. The first-order valence-electron chi connectivity index (χ1n) is 6.87. The van der Waals surface area contributed by atoms with Crippen LogP contribution in [0.2, 0.25) is 5.02 Å². The quantitative estimate of drug-likeness (QED) is 0.780. The van der Waals surface area contributed by atoms with Gasteiger partial charge in [-0.2, -0.15) is 4.31 Å². The average molecular weight is 402 g/mol. The zero-order valence-corrected chi connectivity index (χ0v) is 14.8. The Labute approximate surface area is 143 Å². The average Bonchev–Trinajstić information content (AvgIpc) is 2.98. The Morgan fingerprint density at radius 3 is 2.82 bits per heavy atom. The van der Waals surface area contributed by atoms with Gasteiger partial charge in [-0.3, -0.25) is 4.98 Å². The van der Waals surface area contributed by atoms with E-state index in [1.165, 1.54) is 4.31 Å². The van der Waals surface area contributed by atoms with E-state index in [9.17, 15) is 8.42 Å². The van der Waals surface area contributed by atoms with Gasteiger partial charge in [0.1, 0.15) is 4.90 Å². The summed E-state index contributed by atoms with van der Waals surface area (Å²) in [5.74, 6) is 0. The highest BCUT2D eigenvalue weighted by atomic mass is 79.9. The molecule has 0 aliphatic carbocycles. The normalized spacial score (nSPS) is 19.5. The van der Waals surface area contributed by atoms with Crippen LogP contribution in [0.4, 0.5) is 0 Å². The molecule has 7 heteroatoms. The predicted molar refractivity (Wildman–Crippen MR) is 89.3 cm³/mol. The third-order valence-corrected chi connectivity index (χ3v) is 6.64. The highest BCUT2D eigenvalue weighted by Gasteiger charge is 2.37. The Morgan fingerprint density at radius 1 is 1.32 bits per heavy atom. The third-order valence-electron chi connectivity index (χ3n) is 3.75. The second kappa shape index (κ2) is 6.28. The summed E-state index contributed by atoms with van der Waals surface area (Å²) in [6.07, 6.45) is 5.02. The van der Waals surface area contributed by atoms with E-state index in [1.807, 2.05) is 12.1 Å². The minimum absolute atomic E-state index is 0.146. The second-order valence-electron chi connectivity index (χ2n) is 5.13. The first kappa shape index (κ1) is 15.9. The highest BCUT2D eigenvalue weighted by Crippen LogP contribution is 2.38. The Bertz CT molecular complexity index is 783. The molecule has 4 nitrogen and oxygen atoms in total. The SMILES string of the molecule is O=S(=O)(c1ccc(Br)cc1Cl)N1CCCC1c1cccnc1. The number of halogens is 2. The van der Waals surface area contributed by atoms with Crippen molar-refractivity contribution in [2.45, 2.75) is 23.8 Å². The van der Waals surface area contributed by atoms with E-state index in [1.54, 1.807) is 30.6 Å². The molecule has 0 N–H and O–H groups in total. The molecule has 0 spiro atoms. The lowest BCUT2D eigenvalue weighted by Gasteiger charge is -2.24. The van der Waals surface area contributed by atoms with Crippen LogP contribution in [0.5, 0.6) is 0 Å². The molecule has 3 rings (SSSR count). The van der Waals surface area contributed by atoms with Crippen LogP contribution in [0, 0.1) is 0 Å². The van der Waals surface area contributed by atoms with Gasteiger partial charge in [-0.15, -0.1) is 0 Å². The zero-order valence-electron chi connectivity index (χ0n) is 11.6. The zero-order chi connectivity index (χ0) is 15.7. The number of aromatic nitrogens is 1. The first-order valence-corrected chi connectivity index (χ1v) is 9.48. The summed E-state index contributed by atoms with van der Waals surface area (Å²) in [6.45, 7) is 0.494. The van der Waals surface area contributed by atoms with Crippen LogP contribution in [0.25, 0.3) is 0 Å². The Balaban J connectivity index is 2.01. The molecule has 1 saturated heterocycles. The van der Waals surface area contributed by atoms with E-state index in [2.05, 4.69) is 20.9 Å². The van der Waals surface area contributed by atoms with Crippen molar-refractivity contribution in [1.82, 2.24) is 9.29 Å². The summed E-state index contributed by atoms with van der Waals surface area (Å²) < 4.78 is 28.2. The van der Waals surface area contributed by atoms with Crippen LogP contribution in [0.3, 0.4) is 0 Å². The van der Waals surface area contributed by atoms with Crippen molar-refractivity contribution >= 4 is 37.6 Å². The van der Waals surface area contributed by atoms with Crippen molar-refractivity contribution in [3.63, 3.8) is 0 Å². The summed E-state index contributed by atoms with van der Waals surface area (Å²) in [5, 5.41) is 0.228. The Kier molecular flexibility index (Phi) is 4.54. The summed E-state index contributed by atoms with van der Waals surface area (Å²) in [7, 11) is -3.63. The van der Waals surface area contributed by atoms with Gasteiger partial charge in [0.2, 0.25) is 10.0 Å². The number of benzene rings is 1. The fraction of sp³-hybridized carbons (Fsp3) is 0.267. The topological polar surface area (TPSA) is 50.3 Å². The van der Waals surface area contributed by atoms with Crippen LogP contribution in [0.1, 0.15) is 24.4 Å². The molecule has 2 aromatic rings. The lowest BCUT2D eigenvalue weighted by Crippen LogP contribution is -2.31. The van der Waals surface area contributed by atoms with Crippen molar-refractivity contribution < 1.29 is 8.42 Å². The lowest BCUT2D eigenvalue weighted by atomic mass is 10.1. The summed E-state index contributed by atoms with van der Waals surface area (Å²) in [5.41, 5.74) is 0.914. The maximum Gasteiger partial charge on any atom is 0.245 e. The maximum absolute atomic E-state index is 13.0. The van der Waals surface area contributed by atoms with Gasteiger partial charge in [-0.25, -0.2) is 8.42 Å². The molecule has 1 aromatic heterocycles. The molecule has 1 atom stereocenters. The molecule has 116 valence electrons. The van der Waals surface area contributed by atoms with Gasteiger partial charge in [0.15, 0.2) is 0 Å². The van der Waals surface area contributed by atoms with E-state index >= 15 is 0 Å². The molecule has 22 heavy (non-hydrogen) atoms. The number of rotatable bonds is 3. The largest absolute Gasteiger partial charge is 0.264 e. The van der Waals surface area contributed by atoms with Crippen molar-refractivity contribution in [2.75, 3.05) is 6.54 Å². The molecule has 1 fully saturated rings. The van der Waals surface area contributed by atoms with E-state index < -0.39 is 10.0 Å². The Morgan fingerprint density at radius 2 is 2.14 bits per heavy atom. The molecule has 0 bridgehead atoms. The number of pyridine rings is 1. The van der Waals surface area contributed by atoms with E-state index in [4.69, 9.17) is 11.6 Å². The monoisotopic (exact) mass is 400 g/mol. The molecule has 1 aromatic carbocycles. The van der Waals surface area contributed by atoms with Gasteiger partial charge < -0.3 is 0 Å². The van der Waals surface area contributed by atoms with Gasteiger partial charge >= 0.3 is 0 Å². The molecule has 1 aliphatic heterocycles. The maximum atomic E-state index is 13.0. The fourth-order valence-electron chi connectivity index (χ4n) is 2.74. The molecule has 0 saturated carbocycles. The molecule has 0 amide bonds. The number of nitrogens with zero attached hydrogens (tertiary/aromatic N) is 2. The van der Waals surface area contributed by atoms with Crippen LogP contribution in [0.15, 0.2) is 52.1 Å². The number of sulfonamides is 1. The van der Waals surface area contributed by atoms with Crippen molar-refractivity contribution in [3.8, 4) is 0 Å². The van der Waals surface area contributed by atoms with E-state index in [0.29, 0.717) is 6.54 Å². The van der Waals surface area contributed by atoms with Crippen LogP contribution in [-0.2, 0) is 10.0 Å². The predicted octanol–water partition coefficient (Wildman–Crippen LogP) is 4.02. The molecule has 1 unspecified atom stereocenters. The minimum Gasteiger partial charge on any atom is -0.264 e. The van der Waals surface area contributed by atoms with Crippen LogP contribution < -0.4 is 0 Å². The van der Waals surface area contributed by atoms with Gasteiger partial charge in [0.25, 0.3) is 0 Å². The van der Waals surface area contributed by atoms with Crippen molar-refractivity contribution in [2.24, 2.45) is 0 Å². The molecule has 0 radical (unpaired) electrons. The van der Waals surface area contributed by atoms with Crippen molar-refractivity contribution in [3.05, 3.63) is 57.8 Å². The van der Waals surface area contributed by atoms with Crippen molar-refractivity contribution in [1.29, 1.82) is 0 Å². The van der Waals surface area contributed by atoms with E-state index in [0.717, 1.165) is 22.9 Å². The second-order valence-corrected chi connectivity index (χ2v) is 8.32. The molecular weight excluding hydrogens is 388 g/mol. The highest BCUT2D eigenvalue weighted by molar-refractivity contribution is 9.10. The number of hydrogen-bond acceptors (Lipinski definition) is 3. The summed E-state index contributed by atoms with van der Waals surface area (Å²) in [4.78, 5) is 4.24. The van der Waals surface area contributed by atoms with Crippen LogP contribution in [-0.4, -0.2) is 24.3 Å². The Hall–Kier alpha value is -0.950. The summed E-state index contributed by atoms with van der Waals surface area (Å²) >= 11 is 9.43. The van der Waals surface area contributed by atoms with Gasteiger partial charge in [0.05, 0.1) is 11.1 Å². The van der Waals surface area contributed by atoms with Gasteiger partial charge in [-0.1, -0.05) is 33.6 Å². The van der Waals surface area contributed by atoms with E-state index in [-0.39, 0.29) is 16.0 Å².